The second kappa shape index (κ2) is 14.7. The van der Waals surface area contributed by atoms with Crippen LogP contribution in [0.2, 0.25) is 0 Å². The van der Waals surface area contributed by atoms with Crippen molar-refractivity contribution in [1.82, 2.24) is 20.9 Å². The maximum absolute atomic E-state index is 14.0. The molecule has 0 spiro atoms. The molecule has 0 aromatic heterocycles. The third-order valence-electron chi connectivity index (χ3n) is 8.59. The highest BCUT2D eigenvalue weighted by atomic mass is 16.6. The second-order valence-corrected chi connectivity index (χ2v) is 12.4. The molecule has 1 heterocycles. The molecule has 2 aliphatic rings. The van der Waals surface area contributed by atoms with Gasteiger partial charge in [0.05, 0.1) is 18.1 Å². The largest absolute Gasteiger partial charge is 0.447 e. The Morgan fingerprint density at radius 3 is 2.24 bits per heavy atom. The van der Waals surface area contributed by atoms with Gasteiger partial charge < -0.3 is 25.6 Å². The highest BCUT2D eigenvalue weighted by molar-refractivity contribution is 5.93. The summed E-state index contributed by atoms with van der Waals surface area (Å²) in [7, 11) is 0. The Balaban J connectivity index is 1.76. The van der Waals surface area contributed by atoms with Crippen LogP contribution in [0.4, 0.5) is 4.79 Å². The van der Waals surface area contributed by atoms with Gasteiger partial charge in [0.15, 0.2) is 0 Å². The van der Waals surface area contributed by atoms with Crippen LogP contribution in [0.25, 0.3) is 0 Å². The predicted molar refractivity (Wildman–Crippen MR) is 159 cm³/mol. The molecule has 1 aromatic rings. The first-order chi connectivity index (χ1) is 19.4. The van der Waals surface area contributed by atoms with E-state index in [0.717, 1.165) is 31.2 Å². The number of alkyl carbamates (subject to hydrolysis) is 1. The third kappa shape index (κ3) is 8.23. The topological polar surface area (TPSA) is 117 Å². The van der Waals surface area contributed by atoms with Gasteiger partial charge >= 0.3 is 6.09 Å². The first-order valence-electron chi connectivity index (χ1n) is 15.4. The molecular formula is C32H50N4O5. The highest BCUT2D eigenvalue weighted by Crippen LogP contribution is 2.42. The summed E-state index contributed by atoms with van der Waals surface area (Å²) in [6.45, 7) is 13.6. The van der Waals surface area contributed by atoms with E-state index in [1.54, 1.807) is 18.7 Å². The van der Waals surface area contributed by atoms with E-state index < -0.39 is 24.1 Å². The minimum Gasteiger partial charge on any atom is -0.447 e. The molecule has 1 aliphatic carbocycles. The van der Waals surface area contributed by atoms with Crippen molar-refractivity contribution in [2.24, 2.45) is 23.7 Å². The van der Waals surface area contributed by atoms with Crippen molar-refractivity contribution in [3.63, 3.8) is 0 Å². The number of hydrogen-bond acceptors (Lipinski definition) is 5. The monoisotopic (exact) mass is 570 g/mol. The van der Waals surface area contributed by atoms with Crippen molar-refractivity contribution in [2.45, 2.75) is 111 Å². The van der Waals surface area contributed by atoms with Crippen LogP contribution in [0.3, 0.4) is 0 Å². The van der Waals surface area contributed by atoms with E-state index in [0.29, 0.717) is 13.0 Å². The molecule has 2 fully saturated rings. The van der Waals surface area contributed by atoms with Crippen LogP contribution in [0.1, 0.15) is 92.2 Å². The number of ether oxygens (including phenoxy) is 1. The van der Waals surface area contributed by atoms with Gasteiger partial charge in [0.25, 0.3) is 0 Å². The molecule has 0 radical (unpaired) electrons. The number of rotatable bonds is 12. The Morgan fingerprint density at radius 1 is 0.951 bits per heavy atom. The predicted octanol–water partition coefficient (Wildman–Crippen LogP) is 4.57. The van der Waals surface area contributed by atoms with Crippen LogP contribution >= 0.6 is 0 Å². The quantitative estimate of drug-likeness (QED) is 0.340. The Kier molecular flexibility index (Phi) is 11.6. The lowest BCUT2D eigenvalue weighted by atomic mass is 9.91. The van der Waals surface area contributed by atoms with Crippen molar-refractivity contribution >= 4 is 23.8 Å². The fraction of sp³-hybridized carbons (Fsp3) is 0.688. The van der Waals surface area contributed by atoms with Gasteiger partial charge in [-0.15, -0.1) is 0 Å². The molecule has 0 bridgehead atoms. The summed E-state index contributed by atoms with van der Waals surface area (Å²) in [4.78, 5) is 55.2. The van der Waals surface area contributed by atoms with Gasteiger partial charge in [-0.05, 0) is 63.4 Å². The molecule has 1 saturated carbocycles. The molecule has 1 aromatic carbocycles. The normalized spacial score (nSPS) is 23.0. The summed E-state index contributed by atoms with van der Waals surface area (Å²) < 4.78 is 5.24. The highest BCUT2D eigenvalue weighted by Gasteiger charge is 2.51. The first-order valence-corrected chi connectivity index (χ1v) is 15.4. The van der Waals surface area contributed by atoms with Gasteiger partial charge in [0.2, 0.25) is 17.7 Å². The maximum atomic E-state index is 14.0. The molecule has 4 amide bonds. The van der Waals surface area contributed by atoms with E-state index in [-0.39, 0.29) is 53.7 Å². The van der Waals surface area contributed by atoms with Crippen molar-refractivity contribution in [1.29, 1.82) is 0 Å². The zero-order chi connectivity index (χ0) is 30.3. The van der Waals surface area contributed by atoms with E-state index in [9.17, 15) is 19.2 Å². The molecule has 1 saturated heterocycles. The number of hydrogen-bond donors (Lipinski definition) is 3. The number of likely N-dealkylation sites (tertiary alicyclic amines) is 1. The van der Waals surface area contributed by atoms with Gasteiger partial charge in [-0.3, -0.25) is 14.4 Å². The Morgan fingerprint density at radius 2 is 1.63 bits per heavy atom. The number of carbonyl (C=O) groups is 4. The maximum Gasteiger partial charge on any atom is 0.408 e. The Hall–Kier alpha value is -3.10. The zero-order valence-corrected chi connectivity index (χ0v) is 25.8. The smallest absolute Gasteiger partial charge is 0.408 e. The molecule has 3 rings (SSSR count). The minimum absolute atomic E-state index is 0.0684. The molecule has 3 N–H and O–H groups in total. The molecule has 1 aliphatic heterocycles. The Bertz CT molecular complexity index is 1050. The summed E-state index contributed by atoms with van der Waals surface area (Å²) in [5.41, 5.74) is 1.02. The second-order valence-electron chi connectivity index (χ2n) is 12.4. The molecule has 9 nitrogen and oxygen atoms in total. The van der Waals surface area contributed by atoms with Crippen LogP contribution in [0.5, 0.6) is 0 Å². The van der Waals surface area contributed by atoms with Crippen LogP contribution in [-0.2, 0) is 19.1 Å². The lowest BCUT2D eigenvalue weighted by molar-refractivity contribution is -0.142. The SMILES string of the molecule is CCCC(NC(=O)[C@@H]1[C@H]2CCC[C@H]2CN1C(=O)[C@@H](NC(=O)OC(C)C)C(C)C)C(C)C(=O)N[C@@H](C)c1ccccc1. The fourth-order valence-electron chi connectivity index (χ4n) is 6.31. The molecule has 7 atom stereocenters. The summed E-state index contributed by atoms with van der Waals surface area (Å²) in [6.07, 6.45) is 3.38. The van der Waals surface area contributed by atoms with Gasteiger partial charge in [0.1, 0.15) is 12.1 Å². The van der Waals surface area contributed by atoms with Crippen LogP contribution in [0.15, 0.2) is 30.3 Å². The summed E-state index contributed by atoms with van der Waals surface area (Å²) in [5.74, 6) is -0.911. The average molecular weight is 571 g/mol. The van der Waals surface area contributed by atoms with Gasteiger partial charge in [-0.2, -0.15) is 0 Å². The number of nitrogens with zero attached hydrogens (tertiary/aromatic N) is 1. The number of carbonyl (C=O) groups excluding carboxylic acids is 4. The summed E-state index contributed by atoms with van der Waals surface area (Å²) in [6, 6.07) is 7.83. The third-order valence-corrected chi connectivity index (χ3v) is 8.59. The Labute approximate surface area is 245 Å². The minimum atomic E-state index is -0.800. The van der Waals surface area contributed by atoms with Gasteiger partial charge in [-0.25, -0.2) is 4.79 Å². The van der Waals surface area contributed by atoms with Crippen LogP contribution in [-0.4, -0.2) is 59.5 Å². The summed E-state index contributed by atoms with van der Waals surface area (Å²) >= 11 is 0. The molecular weight excluding hydrogens is 520 g/mol. The molecule has 9 heteroatoms. The summed E-state index contributed by atoms with van der Waals surface area (Å²) in [5, 5.41) is 9.01. The number of nitrogens with one attached hydrogen (secondary N) is 3. The molecule has 41 heavy (non-hydrogen) atoms. The number of fused-ring (bicyclic) bond motifs is 1. The van der Waals surface area contributed by atoms with Crippen molar-refractivity contribution in [2.75, 3.05) is 6.54 Å². The fourth-order valence-corrected chi connectivity index (χ4v) is 6.31. The standard InChI is InChI=1S/C32H50N4O5/c1-8-13-26(21(6)29(37)33-22(7)23-14-10-9-11-15-23)34-30(38)28-25-17-12-16-24(25)18-36(28)31(39)27(19(2)3)35-32(40)41-20(4)5/h9-11,14-15,19-22,24-28H,8,12-13,16-18H2,1-7H3,(H,33,37)(H,34,38)(H,35,40)/t21?,22-,24-,25-,26?,27-,28-/m0/s1. The first kappa shape index (κ1) is 32.4. The molecule has 2 unspecified atom stereocenters. The van der Waals surface area contributed by atoms with Gasteiger partial charge in [-0.1, -0.05) is 70.9 Å². The van der Waals surface area contributed by atoms with E-state index in [2.05, 4.69) is 16.0 Å². The van der Waals surface area contributed by atoms with Crippen LogP contribution in [0, 0.1) is 23.7 Å². The average Bonchev–Trinajstić information content (AvgIpc) is 3.52. The van der Waals surface area contributed by atoms with E-state index in [1.807, 2.05) is 65.0 Å². The van der Waals surface area contributed by atoms with Crippen LogP contribution < -0.4 is 16.0 Å². The number of benzene rings is 1. The van der Waals surface area contributed by atoms with Crippen molar-refractivity contribution in [3.8, 4) is 0 Å². The van der Waals surface area contributed by atoms with Crippen molar-refractivity contribution in [3.05, 3.63) is 35.9 Å². The molecule has 228 valence electrons. The van der Waals surface area contributed by atoms with Gasteiger partial charge in [0, 0.05) is 12.6 Å². The zero-order valence-electron chi connectivity index (χ0n) is 25.8. The van der Waals surface area contributed by atoms with Crippen molar-refractivity contribution < 1.29 is 23.9 Å². The van der Waals surface area contributed by atoms with E-state index in [1.165, 1.54) is 0 Å². The van der Waals surface area contributed by atoms with E-state index in [4.69, 9.17) is 4.74 Å². The lowest BCUT2D eigenvalue weighted by Gasteiger charge is -2.34. The number of amides is 4. The lowest BCUT2D eigenvalue weighted by Crippen LogP contribution is -2.58. The van der Waals surface area contributed by atoms with E-state index >= 15 is 0 Å².